The molecule has 0 saturated carbocycles. The molecule has 286 valence electrons. The van der Waals surface area contributed by atoms with E-state index in [0.29, 0.717) is 116 Å². The first-order valence-corrected chi connectivity index (χ1v) is 16.8. The van der Waals surface area contributed by atoms with Gasteiger partial charge in [0.25, 0.3) is 0 Å². The second kappa shape index (κ2) is 27.5. The van der Waals surface area contributed by atoms with Crippen LogP contribution in [0.5, 0.6) is 23.0 Å². The molecule has 1 rings (SSSR count). The van der Waals surface area contributed by atoms with Crippen molar-refractivity contribution in [2.75, 3.05) is 133 Å². The lowest BCUT2D eigenvalue weighted by molar-refractivity contribution is -0.143. The van der Waals surface area contributed by atoms with E-state index in [1.807, 2.05) is 20.8 Å². The molecule has 0 atom stereocenters. The van der Waals surface area contributed by atoms with Crippen LogP contribution in [0.4, 0.5) is 0 Å². The number of carbonyl (C=O) groups excluding carboxylic acids is 1. The number of esters is 1. The second-order valence-corrected chi connectivity index (χ2v) is 12.6. The van der Waals surface area contributed by atoms with Crippen molar-refractivity contribution in [2.45, 2.75) is 47.1 Å². The third-order valence-electron chi connectivity index (χ3n) is 6.00. The number of hydrogen-bond donors (Lipinski definition) is 0. The maximum Gasteiger partial charge on any atom is 0.316 e. The van der Waals surface area contributed by atoms with Crippen LogP contribution in [-0.2, 0) is 47.4 Å². The molecule has 14 nitrogen and oxygen atoms in total. The molecule has 0 amide bonds. The van der Waals surface area contributed by atoms with Crippen molar-refractivity contribution in [3.05, 3.63) is 12.1 Å². The van der Waals surface area contributed by atoms with Crippen LogP contribution in [0.25, 0.3) is 0 Å². The largest absolute Gasteiger partial charge is 0.487 e. The highest BCUT2D eigenvalue weighted by Crippen LogP contribution is 2.42. The average Bonchev–Trinajstić information content (AvgIpc) is 3.03. The predicted octanol–water partition coefficient (Wildman–Crippen LogP) is 3.98. The summed E-state index contributed by atoms with van der Waals surface area (Å²) in [5, 5.41) is 0. The zero-order valence-corrected chi connectivity index (χ0v) is 31.1. The molecular weight excluding hydrogens is 644 g/mol. The van der Waals surface area contributed by atoms with Crippen molar-refractivity contribution in [1.29, 1.82) is 0 Å². The smallest absolute Gasteiger partial charge is 0.316 e. The summed E-state index contributed by atoms with van der Waals surface area (Å²) in [5.41, 5.74) is -0.927. The van der Waals surface area contributed by atoms with Crippen LogP contribution in [0.1, 0.15) is 41.5 Å². The van der Waals surface area contributed by atoms with Crippen molar-refractivity contribution in [3.8, 4) is 23.0 Å². The first-order chi connectivity index (χ1) is 23.5. The van der Waals surface area contributed by atoms with E-state index in [4.69, 9.17) is 61.6 Å². The van der Waals surface area contributed by atoms with Gasteiger partial charge in [0.05, 0.1) is 110 Å². The van der Waals surface area contributed by atoms with Crippen LogP contribution in [0.3, 0.4) is 0 Å². The van der Waals surface area contributed by atoms with E-state index >= 15 is 0 Å². The van der Waals surface area contributed by atoms with Crippen molar-refractivity contribution in [2.24, 2.45) is 5.41 Å². The highest BCUT2D eigenvalue weighted by atomic mass is 16.6. The van der Waals surface area contributed by atoms with Gasteiger partial charge in [-0.15, -0.1) is 0 Å². The summed E-state index contributed by atoms with van der Waals surface area (Å²) < 4.78 is 72.9. The number of ether oxygens (including phenoxy) is 13. The highest BCUT2D eigenvalue weighted by molar-refractivity contribution is 5.78. The number of rotatable bonds is 31. The van der Waals surface area contributed by atoms with Gasteiger partial charge in [-0.2, -0.15) is 0 Å². The molecule has 0 aromatic heterocycles. The Hall–Kier alpha value is -2.27. The topological polar surface area (TPSA) is 137 Å². The zero-order chi connectivity index (χ0) is 36.2. The van der Waals surface area contributed by atoms with Gasteiger partial charge in [0.1, 0.15) is 25.6 Å². The van der Waals surface area contributed by atoms with E-state index in [9.17, 15) is 4.79 Å². The van der Waals surface area contributed by atoms with Crippen molar-refractivity contribution >= 4 is 5.97 Å². The normalized spacial score (nSPS) is 11.9. The van der Waals surface area contributed by atoms with Gasteiger partial charge in [-0.05, 0) is 41.5 Å². The van der Waals surface area contributed by atoms with Gasteiger partial charge in [-0.3, -0.25) is 4.79 Å². The number of benzene rings is 1. The Morgan fingerprint density at radius 3 is 1.20 bits per heavy atom. The Morgan fingerprint density at radius 2 is 0.837 bits per heavy atom. The molecule has 1 aromatic rings. The van der Waals surface area contributed by atoms with Crippen molar-refractivity contribution < 1.29 is 66.4 Å². The average molecular weight is 707 g/mol. The number of carbonyl (C=O) groups is 1. The minimum Gasteiger partial charge on any atom is -0.487 e. The molecule has 14 heteroatoms. The quantitative estimate of drug-likeness (QED) is 0.0625. The molecule has 1 aromatic carbocycles. The SMILES string of the molecule is COCCOCCOCCOc1cc(OC(=O)C(C)(C)C)cc(OCCOCCOCCOC)c1OCCOCCOCCOC(C)(C)C. The molecule has 0 aliphatic rings. The lowest BCUT2D eigenvalue weighted by Gasteiger charge is -2.21. The predicted molar refractivity (Wildman–Crippen MR) is 182 cm³/mol. The second-order valence-electron chi connectivity index (χ2n) is 12.6. The first kappa shape index (κ1) is 44.8. The van der Waals surface area contributed by atoms with E-state index in [-0.39, 0.29) is 31.2 Å². The van der Waals surface area contributed by atoms with E-state index in [2.05, 4.69) is 0 Å². The molecule has 0 bridgehead atoms. The Bertz CT molecular complexity index is 918. The minimum atomic E-state index is -0.726. The van der Waals surface area contributed by atoms with Crippen LogP contribution in [-0.4, -0.2) is 145 Å². The van der Waals surface area contributed by atoms with Gasteiger partial charge in [-0.25, -0.2) is 0 Å². The molecule has 0 heterocycles. The summed E-state index contributed by atoms with van der Waals surface area (Å²) in [7, 11) is 3.24. The fourth-order valence-corrected chi connectivity index (χ4v) is 3.51. The molecule has 0 spiro atoms. The minimum absolute atomic E-state index is 0.198. The van der Waals surface area contributed by atoms with Crippen LogP contribution in [0.15, 0.2) is 12.1 Å². The van der Waals surface area contributed by atoms with E-state index in [1.54, 1.807) is 47.1 Å². The summed E-state index contributed by atoms with van der Waals surface area (Å²) in [6.45, 7) is 18.3. The summed E-state index contributed by atoms with van der Waals surface area (Å²) in [4.78, 5) is 12.7. The van der Waals surface area contributed by atoms with E-state index < -0.39 is 11.4 Å². The monoisotopic (exact) mass is 706 g/mol. The van der Waals surface area contributed by atoms with E-state index in [1.165, 1.54) is 0 Å². The Kier molecular flexibility index (Phi) is 25.1. The molecular formula is C35H62O14. The Balaban J connectivity index is 2.87. The maximum atomic E-state index is 12.7. The molecule has 49 heavy (non-hydrogen) atoms. The van der Waals surface area contributed by atoms with Crippen LogP contribution in [0.2, 0.25) is 0 Å². The van der Waals surface area contributed by atoms with Crippen LogP contribution < -0.4 is 18.9 Å². The molecule has 0 aliphatic heterocycles. The lowest BCUT2D eigenvalue weighted by atomic mass is 9.97. The van der Waals surface area contributed by atoms with Gasteiger partial charge in [0, 0.05) is 26.4 Å². The van der Waals surface area contributed by atoms with Gasteiger partial charge >= 0.3 is 5.97 Å². The third kappa shape index (κ3) is 24.5. The van der Waals surface area contributed by atoms with Gasteiger partial charge in [0.15, 0.2) is 11.5 Å². The van der Waals surface area contributed by atoms with Crippen LogP contribution >= 0.6 is 0 Å². The lowest BCUT2D eigenvalue weighted by Crippen LogP contribution is -2.25. The first-order valence-electron chi connectivity index (χ1n) is 16.8. The highest BCUT2D eigenvalue weighted by Gasteiger charge is 2.25. The van der Waals surface area contributed by atoms with E-state index in [0.717, 1.165) is 0 Å². The summed E-state index contributed by atoms with van der Waals surface area (Å²) >= 11 is 0. The summed E-state index contributed by atoms with van der Waals surface area (Å²) in [6.07, 6.45) is 0. The van der Waals surface area contributed by atoms with Crippen molar-refractivity contribution in [1.82, 2.24) is 0 Å². The summed E-state index contributed by atoms with van der Waals surface area (Å²) in [5.74, 6) is 0.821. The molecule has 0 N–H and O–H groups in total. The molecule has 0 saturated heterocycles. The molecule has 0 aliphatic carbocycles. The van der Waals surface area contributed by atoms with Crippen LogP contribution in [0, 0.1) is 5.41 Å². The van der Waals surface area contributed by atoms with Gasteiger partial charge < -0.3 is 61.6 Å². The number of hydrogen-bond acceptors (Lipinski definition) is 14. The third-order valence-corrected chi connectivity index (χ3v) is 6.00. The molecule has 0 fully saturated rings. The Labute approximate surface area is 293 Å². The number of methoxy groups -OCH3 is 2. The van der Waals surface area contributed by atoms with Gasteiger partial charge in [0.2, 0.25) is 5.75 Å². The Morgan fingerprint density at radius 1 is 0.490 bits per heavy atom. The fourth-order valence-electron chi connectivity index (χ4n) is 3.51. The maximum absolute atomic E-state index is 12.7. The zero-order valence-electron chi connectivity index (χ0n) is 31.1. The fraction of sp³-hybridized carbons (Fsp3) is 0.800. The molecule has 0 radical (unpaired) electrons. The standard InChI is InChI=1S/C35H62O14/c1-34(2,3)33(36)49-29-27-30(45-23-19-41-15-13-39-11-9-37-7)32(31(28-29)46-24-20-42-16-14-40-12-10-38-8)47-25-21-43-17-18-44-22-26-48-35(4,5)6/h27-28H,9-26H2,1-8H3. The molecule has 0 unspecified atom stereocenters. The summed E-state index contributed by atoms with van der Waals surface area (Å²) in [6, 6.07) is 3.20. The van der Waals surface area contributed by atoms with Gasteiger partial charge in [-0.1, -0.05) is 0 Å². The van der Waals surface area contributed by atoms with Crippen molar-refractivity contribution in [3.63, 3.8) is 0 Å².